The first-order chi connectivity index (χ1) is 14.1. The fraction of sp³-hybridized carbons (Fsp3) is 0.381. The largest absolute Gasteiger partial charge is 0.490 e. The Morgan fingerprint density at radius 1 is 1.14 bits per heavy atom. The minimum atomic E-state index is -0.541. The number of amides is 1. The molecule has 0 bridgehead atoms. The standard InChI is InChI=1S/C21H22N2O6/c1-27-18-7-6-15(12-17(18)23(25)26)21(24)22-9-2-4-16(22)14-5-8-19-20(13-14)29-11-3-10-28-19/h5-8,12-13,16H,2-4,9-11H2,1H3. The quantitative estimate of drug-likeness (QED) is 0.576. The molecule has 0 aromatic heterocycles. The van der Waals surface area contributed by atoms with Crippen molar-refractivity contribution in [3.05, 3.63) is 57.6 Å². The van der Waals surface area contributed by atoms with Gasteiger partial charge < -0.3 is 19.1 Å². The first kappa shape index (κ1) is 19.0. The van der Waals surface area contributed by atoms with E-state index in [0.717, 1.165) is 24.8 Å². The Morgan fingerprint density at radius 2 is 1.93 bits per heavy atom. The number of methoxy groups -OCH3 is 1. The molecule has 1 atom stereocenters. The van der Waals surface area contributed by atoms with Crippen molar-refractivity contribution in [3.8, 4) is 17.2 Å². The second kappa shape index (κ2) is 7.98. The second-order valence-corrected chi connectivity index (χ2v) is 7.06. The molecule has 2 aromatic rings. The van der Waals surface area contributed by atoms with Crippen LogP contribution in [0.5, 0.6) is 17.2 Å². The van der Waals surface area contributed by atoms with Crippen LogP contribution >= 0.6 is 0 Å². The van der Waals surface area contributed by atoms with Crippen molar-refractivity contribution in [3.63, 3.8) is 0 Å². The summed E-state index contributed by atoms with van der Waals surface area (Å²) in [5.74, 6) is 1.31. The number of benzene rings is 2. The van der Waals surface area contributed by atoms with Gasteiger partial charge in [-0.2, -0.15) is 0 Å². The van der Waals surface area contributed by atoms with Crippen molar-refractivity contribution < 1.29 is 23.9 Å². The van der Waals surface area contributed by atoms with Crippen molar-refractivity contribution in [1.82, 2.24) is 4.90 Å². The minimum Gasteiger partial charge on any atom is -0.490 e. The number of nitro groups is 1. The summed E-state index contributed by atoms with van der Waals surface area (Å²) in [5.41, 5.74) is 1.03. The summed E-state index contributed by atoms with van der Waals surface area (Å²) >= 11 is 0. The predicted octanol–water partition coefficient (Wildman–Crippen LogP) is 3.74. The van der Waals surface area contributed by atoms with Crippen LogP contribution in [-0.4, -0.2) is 42.6 Å². The summed E-state index contributed by atoms with van der Waals surface area (Å²) in [7, 11) is 1.37. The van der Waals surface area contributed by atoms with E-state index in [4.69, 9.17) is 14.2 Å². The summed E-state index contributed by atoms with van der Waals surface area (Å²) in [6.45, 7) is 1.81. The van der Waals surface area contributed by atoms with E-state index in [0.29, 0.717) is 31.3 Å². The molecule has 0 aliphatic carbocycles. The molecule has 1 unspecified atom stereocenters. The highest BCUT2D eigenvalue weighted by molar-refractivity contribution is 5.95. The topological polar surface area (TPSA) is 91.1 Å². The molecule has 1 fully saturated rings. The molecule has 1 amide bonds. The second-order valence-electron chi connectivity index (χ2n) is 7.06. The van der Waals surface area contributed by atoms with E-state index in [1.165, 1.54) is 19.2 Å². The van der Waals surface area contributed by atoms with E-state index in [9.17, 15) is 14.9 Å². The van der Waals surface area contributed by atoms with Crippen molar-refractivity contribution in [1.29, 1.82) is 0 Å². The lowest BCUT2D eigenvalue weighted by molar-refractivity contribution is -0.385. The summed E-state index contributed by atoms with van der Waals surface area (Å²) in [6.07, 6.45) is 2.51. The summed E-state index contributed by atoms with van der Waals surface area (Å²) in [6, 6.07) is 9.98. The van der Waals surface area contributed by atoms with Crippen LogP contribution in [0.15, 0.2) is 36.4 Å². The van der Waals surface area contributed by atoms with Crippen LogP contribution in [-0.2, 0) is 0 Å². The Kier molecular flexibility index (Phi) is 5.24. The van der Waals surface area contributed by atoms with Gasteiger partial charge in [0, 0.05) is 24.6 Å². The number of nitro benzene ring substituents is 1. The van der Waals surface area contributed by atoms with E-state index in [2.05, 4.69) is 0 Å². The molecule has 0 saturated carbocycles. The molecule has 2 aliphatic rings. The number of rotatable bonds is 4. The molecule has 8 heteroatoms. The molecule has 1 saturated heterocycles. The maximum atomic E-state index is 13.2. The lowest BCUT2D eigenvalue weighted by atomic mass is 10.0. The summed E-state index contributed by atoms with van der Waals surface area (Å²) in [5, 5.41) is 11.3. The molecule has 0 spiro atoms. The van der Waals surface area contributed by atoms with E-state index in [-0.39, 0.29) is 28.9 Å². The molecular formula is C21H22N2O6. The molecule has 2 aliphatic heterocycles. The molecule has 2 aromatic carbocycles. The third-order valence-electron chi connectivity index (χ3n) is 5.29. The van der Waals surface area contributed by atoms with Gasteiger partial charge in [0.05, 0.1) is 31.3 Å². The van der Waals surface area contributed by atoms with Gasteiger partial charge in [0.1, 0.15) is 0 Å². The number of carbonyl (C=O) groups is 1. The monoisotopic (exact) mass is 398 g/mol. The number of likely N-dealkylation sites (tertiary alicyclic amines) is 1. The Hall–Kier alpha value is -3.29. The highest BCUT2D eigenvalue weighted by Gasteiger charge is 2.32. The van der Waals surface area contributed by atoms with Crippen molar-refractivity contribution in [2.75, 3.05) is 26.9 Å². The zero-order chi connectivity index (χ0) is 20.4. The lowest BCUT2D eigenvalue weighted by Gasteiger charge is -2.26. The van der Waals surface area contributed by atoms with Crippen LogP contribution in [0.2, 0.25) is 0 Å². The van der Waals surface area contributed by atoms with Crippen molar-refractivity contribution in [2.24, 2.45) is 0 Å². The fourth-order valence-electron chi connectivity index (χ4n) is 3.88. The van der Waals surface area contributed by atoms with Gasteiger partial charge in [0.25, 0.3) is 5.91 Å². The normalized spacial score (nSPS) is 18.2. The van der Waals surface area contributed by atoms with Crippen molar-refractivity contribution in [2.45, 2.75) is 25.3 Å². The first-order valence-electron chi connectivity index (χ1n) is 9.61. The smallest absolute Gasteiger partial charge is 0.311 e. The lowest BCUT2D eigenvalue weighted by Crippen LogP contribution is -2.30. The Bertz CT molecular complexity index is 945. The van der Waals surface area contributed by atoms with E-state index < -0.39 is 4.92 Å². The molecular weight excluding hydrogens is 376 g/mol. The van der Waals surface area contributed by atoms with Gasteiger partial charge in [-0.05, 0) is 42.7 Å². The summed E-state index contributed by atoms with van der Waals surface area (Å²) in [4.78, 5) is 25.7. The van der Waals surface area contributed by atoms with E-state index in [1.807, 2.05) is 18.2 Å². The van der Waals surface area contributed by atoms with Crippen LogP contribution in [0.4, 0.5) is 5.69 Å². The number of ether oxygens (including phenoxy) is 3. The van der Waals surface area contributed by atoms with Gasteiger partial charge in [-0.15, -0.1) is 0 Å². The zero-order valence-electron chi connectivity index (χ0n) is 16.1. The Labute approximate surface area is 168 Å². The number of carbonyl (C=O) groups excluding carboxylic acids is 1. The van der Waals surface area contributed by atoms with Crippen LogP contribution in [0, 0.1) is 10.1 Å². The molecule has 152 valence electrons. The number of hydrogen-bond acceptors (Lipinski definition) is 6. The van der Waals surface area contributed by atoms with Crippen molar-refractivity contribution >= 4 is 11.6 Å². The average molecular weight is 398 g/mol. The fourth-order valence-corrected chi connectivity index (χ4v) is 3.88. The van der Waals surface area contributed by atoms with E-state index in [1.54, 1.807) is 11.0 Å². The third kappa shape index (κ3) is 3.70. The zero-order valence-corrected chi connectivity index (χ0v) is 16.1. The van der Waals surface area contributed by atoms with Gasteiger partial charge in [0.2, 0.25) is 0 Å². The van der Waals surface area contributed by atoms with Gasteiger partial charge in [-0.1, -0.05) is 6.07 Å². The molecule has 0 radical (unpaired) electrons. The maximum Gasteiger partial charge on any atom is 0.311 e. The third-order valence-corrected chi connectivity index (χ3v) is 5.29. The number of fused-ring (bicyclic) bond motifs is 1. The van der Waals surface area contributed by atoms with Crippen LogP contribution in [0.1, 0.15) is 41.2 Å². The Balaban J connectivity index is 1.62. The maximum absolute atomic E-state index is 13.2. The van der Waals surface area contributed by atoms with Crippen LogP contribution in [0.25, 0.3) is 0 Å². The highest BCUT2D eigenvalue weighted by atomic mass is 16.6. The summed E-state index contributed by atoms with van der Waals surface area (Å²) < 4.78 is 16.5. The number of hydrogen-bond donors (Lipinski definition) is 0. The van der Waals surface area contributed by atoms with Crippen LogP contribution in [0.3, 0.4) is 0 Å². The first-order valence-corrected chi connectivity index (χ1v) is 9.61. The SMILES string of the molecule is COc1ccc(C(=O)N2CCCC2c2ccc3c(c2)OCCCO3)cc1[N+](=O)[O-]. The molecule has 4 rings (SSSR count). The average Bonchev–Trinajstić information content (AvgIpc) is 3.11. The minimum absolute atomic E-state index is 0.110. The molecule has 8 nitrogen and oxygen atoms in total. The molecule has 29 heavy (non-hydrogen) atoms. The van der Waals surface area contributed by atoms with Gasteiger partial charge in [-0.25, -0.2) is 0 Å². The molecule has 0 N–H and O–H groups in total. The highest BCUT2D eigenvalue weighted by Crippen LogP contribution is 2.39. The molecule has 2 heterocycles. The van der Waals surface area contributed by atoms with Gasteiger partial charge in [0.15, 0.2) is 17.2 Å². The van der Waals surface area contributed by atoms with Crippen LogP contribution < -0.4 is 14.2 Å². The van der Waals surface area contributed by atoms with Gasteiger partial charge >= 0.3 is 5.69 Å². The van der Waals surface area contributed by atoms with Gasteiger partial charge in [-0.3, -0.25) is 14.9 Å². The Morgan fingerprint density at radius 3 is 2.69 bits per heavy atom. The van der Waals surface area contributed by atoms with E-state index >= 15 is 0 Å². The number of nitrogens with zero attached hydrogens (tertiary/aromatic N) is 2. The predicted molar refractivity (Wildman–Crippen MR) is 105 cm³/mol.